The predicted molar refractivity (Wildman–Crippen MR) is 96.3 cm³/mol. The molecule has 2 rings (SSSR count). The Bertz CT molecular complexity index is 521. The van der Waals surface area contributed by atoms with Crippen LogP contribution in [0, 0.1) is 5.92 Å². The molecule has 1 aromatic rings. The lowest BCUT2D eigenvalue weighted by atomic mass is 9.99. The van der Waals surface area contributed by atoms with Crippen LogP contribution in [0.2, 0.25) is 5.15 Å². The number of carbonyl (C=O) groups is 1. The molecule has 128 valence electrons. The molecule has 0 aromatic carbocycles. The van der Waals surface area contributed by atoms with Crippen LogP contribution in [-0.4, -0.2) is 41.3 Å². The minimum absolute atomic E-state index is 0.0142. The van der Waals surface area contributed by atoms with Gasteiger partial charge in [0.05, 0.1) is 5.75 Å². The monoisotopic (exact) mass is 356 g/mol. The number of anilines is 1. The summed E-state index contributed by atoms with van der Waals surface area (Å²) in [4.78, 5) is 22.8. The Morgan fingerprint density at radius 2 is 2.17 bits per heavy atom. The van der Waals surface area contributed by atoms with Gasteiger partial charge >= 0.3 is 0 Å². The van der Waals surface area contributed by atoms with E-state index >= 15 is 0 Å². The minimum Gasteiger partial charge on any atom is -0.356 e. The number of nitrogens with zero attached hydrogens (tertiary/aromatic N) is 3. The highest BCUT2D eigenvalue weighted by atomic mass is 35.5. The Hall–Kier alpha value is -1.01. The molecule has 0 unspecified atom stereocenters. The molecule has 1 fully saturated rings. The number of carbonyl (C=O) groups excluding carboxylic acids is 1. The number of piperidine rings is 1. The highest BCUT2D eigenvalue weighted by molar-refractivity contribution is 7.99. The molecule has 0 saturated carbocycles. The Labute approximate surface area is 147 Å². The summed E-state index contributed by atoms with van der Waals surface area (Å²) in [6.07, 6.45) is 4.41. The minimum atomic E-state index is 0.0142. The van der Waals surface area contributed by atoms with Gasteiger partial charge in [-0.3, -0.25) is 4.79 Å². The second kappa shape index (κ2) is 9.33. The molecule has 0 radical (unpaired) electrons. The fourth-order valence-electron chi connectivity index (χ4n) is 2.44. The second-order valence-corrected chi connectivity index (χ2v) is 7.32. The van der Waals surface area contributed by atoms with Crippen LogP contribution in [0.15, 0.2) is 11.2 Å². The van der Waals surface area contributed by atoms with Crippen molar-refractivity contribution in [1.29, 1.82) is 0 Å². The molecule has 2 heterocycles. The number of hydrogen-bond acceptors (Lipinski definition) is 5. The smallest absolute Gasteiger partial charge is 0.230 e. The third-order valence-electron chi connectivity index (χ3n) is 3.95. The highest BCUT2D eigenvalue weighted by Gasteiger charge is 2.18. The van der Waals surface area contributed by atoms with E-state index in [1.54, 1.807) is 0 Å². The Kier molecular flexibility index (Phi) is 7.43. The van der Waals surface area contributed by atoms with Gasteiger partial charge in [-0.05, 0) is 25.2 Å². The van der Waals surface area contributed by atoms with Gasteiger partial charge in [-0.1, -0.05) is 43.6 Å². The fourth-order valence-corrected chi connectivity index (χ4v) is 3.35. The number of unbranched alkanes of at least 4 members (excludes halogenated alkanes) is 1. The molecule has 0 spiro atoms. The maximum absolute atomic E-state index is 11.8. The largest absolute Gasteiger partial charge is 0.356 e. The summed E-state index contributed by atoms with van der Waals surface area (Å²) in [5, 5.41) is 3.89. The Morgan fingerprint density at radius 1 is 1.43 bits per heavy atom. The SMILES string of the molecule is CCCCNC(=O)CSc1nc(Cl)cc(N2CCC(C)CC2)n1. The Morgan fingerprint density at radius 3 is 2.87 bits per heavy atom. The van der Waals surface area contributed by atoms with Gasteiger partial charge in [-0.15, -0.1) is 0 Å². The summed E-state index contributed by atoms with van der Waals surface area (Å²) in [5.74, 6) is 1.97. The van der Waals surface area contributed by atoms with Gasteiger partial charge in [0.2, 0.25) is 5.91 Å². The number of nitrogens with one attached hydrogen (secondary N) is 1. The number of halogens is 1. The van der Waals surface area contributed by atoms with Gasteiger partial charge in [0.15, 0.2) is 5.16 Å². The van der Waals surface area contributed by atoms with Gasteiger partial charge in [0.25, 0.3) is 0 Å². The maximum atomic E-state index is 11.8. The van der Waals surface area contributed by atoms with Crippen LogP contribution in [0.25, 0.3) is 0 Å². The van der Waals surface area contributed by atoms with Crippen molar-refractivity contribution in [1.82, 2.24) is 15.3 Å². The number of amides is 1. The second-order valence-electron chi connectivity index (χ2n) is 5.99. The van der Waals surface area contributed by atoms with E-state index in [9.17, 15) is 4.79 Å². The number of rotatable bonds is 7. The first-order valence-corrected chi connectivity index (χ1v) is 9.64. The van der Waals surface area contributed by atoms with Crippen LogP contribution in [0.5, 0.6) is 0 Å². The van der Waals surface area contributed by atoms with E-state index in [-0.39, 0.29) is 5.91 Å². The lowest BCUT2D eigenvalue weighted by Crippen LogP contribution is -2.33. The van der Waals surface area contributed by atoms with Crippen LogP contribution in [0.3, 0.4) is 0 Å². The van der Waals surface area contributed by atoms with Crippen LogP contribution >= 0.6 is 23.4 Å². The summed E-state index contributed by atoms with van der Waals surface area (Å²) in [5.41, 5.74) is 0. The molecule has 0 bridgehead atoms. The normalized spacial score (nSPS) is 15.7. The molecular formula is C16H25ClN4OS. The average molecular weight is 357 g/mol. The zero-order valence-corrected chi connectivity index (χ0v) is 15.4. The molecule has 1 aliphatic rings. The van der Waals surface area contributed by atoms with E-state index < -0.39 is 0 Å². The van der Waals surface area contributed by atoms with Gasteiger partial charge < -0.3 is 10.2 Å². The molecule has 7 heteroatoms. The molecular weight excluding hydrogens is 332 g/mol. The molecule has 23 heavy (non-hydrogen) atoms. The standard InChI is InChI=1S/C16H25ClN4OS/c1-3-4-7-18-15(22)11-23-16-19-13(17)10-14(20-16)21-8-5-12(2)6-9-21/h10,12H,3-9,11H2,1-2H3,(H,18,22). The first kappa shape index (κ1) is 18.3. The number of aromatic nitrogens is 2. The van der Waals surface area contributed by atoms with E-state index in [4.69, 9.17) is 11.6 Å². The first-order chi connectivity index (χ1) is 11.1. The van der Waals surface area contributed by atoms with Crippen LogP contribution in [0.1, 0.15) is 39.5 Å². The lowest BCUT2D eigenvalue weighted by Gasteiger charge is -2.31. The van der Waals surface area contributed by atoms with Crippen molar-refractivity contribution in [2.45, 2.75) is 44.7 Å². The van der Waals surface area contributed by atoms with Crippen molar-refractivity contribution < 1.29 is 4.79 Å². The molecule has 1 aromatic heterocycles. The van der Waals surface area contributed by atoms with Gasteiger partial charge in [-0.2, -0.15) is 0 Å². The third kappa shape index (κ3) is 6.18. The van der Waals surface area contributed by atoms with Crippen molar-refractivity contribution in [2.24, 2.45) is 5.92 Å². The first-order valence-electron chi connectivity index (χ1n) is 8.27. The molecule has 0 aliphatic carbocycles. The van der Waals surface area contributed by atoms with E-state index in [0.29, 0.717) is 16.1 Å². The zero-order chi connectivity index (χ0) is 16.7. The quantitative estimate of drug-likeness (QED) is 0.351. The molecule has 1 N–H and O–H groups in total. The average Bonchev–Trinajstić information content (AvgIpc) is 2.53. The lowest BCUT2D eigenvalue weighted by molar-refractivity contribution is -0.118. The van der Waals surface area contributed by atoms with Crippen LogP contribution in [-0.2, 0) is 4.79 Å². The van der Waals surface area contributed by atoms with Crippen molar-refractivity contribution >= 4 is 35.1 Å². The summed E-state index contributed by atoms with van der Waals surface area (Å²) >= 11 is 7.46. The summed E-state index contributed by atoms with van der Waals surface area (Å²) in [6, 6.07) is 1.81. The fraction of sp³-hybridized carbons (Fsp3) is 0.688. The molecule has 1 amide bonds. The summed E-state index contributed by atoms with van der Waals surface area (Å²) < 4.78 is 0. The van der Waals surface area contributed by atoms with Gasteiger partial charge in [0, 0.05) is 25.7 Å². The van der Waals surface area contributed by atoms with Crippen molar-refractivity contribution in [3.05, 3.63) is 11.2 Å². The molecule has 5 nitrogen and oxygen atoms in total. The number of hydrogen-bond donors (Lipinski definition) is 1. The molecule has 1 saturated heterocycles. The van der Waals surface area contributed by atoms with Gasteiger partial charge in [0.1, 0.15) is 11.0 Å². The zero-order valence-electron chi connectivity index (χ0n) is 13.8. The van der Waals surface area contributed by atoms with Gasteiger partial charge in [-0.25, -0.2) is 9.97 Å². The summed E-state index contributed by atoms with van der Waals surface area (Å²) in [6.45, 7) is 7.10. The molecule has 0 atom stereocenters. The van der Waals surface area contributed by atoms with E-state index in [1.165, 1.54) is 24.6 Å². The summed E-state index contributed by atoms with van der Waals surface area (Å²) in [7, 11) is 0. The van der Waals surface area contributed by atoms with Crippen LogP contribution in [0.4, 0.5) is 5.82 Å². The van der Waals surface area contributed by atoms with Crippen LogP contribution < -0.4 is 10.2 Å². The maximum Gasteiger partial charge on any atom is 0.230 e. The van der Waals surface area contributed by atoms with Crippen molar-refractivity contribution in [3.8, 4) is 0 Å². The molecule has 1 aliphatic heterocycles. The van der Waals surface area contributed by atoms with E-state index in [2.05, 4.69) is 34.0 Å². The van der Waals surface area contributed by atoms with E-state index in [0.717, 1.165) is 44.2 Å². The van der Waals surface area contributed by atoms with Crippen molar-refractivity contribution in [2.75, 3.05) is 30.3 Å². The van der Waals surface area contributed by atoms with Crippen molar-refractivity contribution in [3.63, 3.8) is 0 Å². The third-order valence-corrected chi connectivity index (χ3v) is 4.99. The highest BCUT2D eigenvalue weighted by Crippen LogP contribution is 2.25. The number of thioether (sulfide) groups is 1. The topological polar surface area (TPSA) is 58.1 Å². The predicted octanol–water partition coefficient (Wildman–Crippen LogP) is 3.37. The van der Waals surface area contributed by atoms with E-state index in [1.807, 2.05) is 6.07 Å². The Balaban J connectivity index is 1.91.